The molecule has 180 valence electrons. The molecule has 4 aromatic carbocycles. The molecule has 0 atom stereocenters. The van der Waals surface area contributed by atoms with E-state index >= 15 is 0 Å². The molecule has 0 aliphatic heterocycles. The van der Waals surface area contributed by atoms with Crippen LogP contribution in [0.2, 0.25) is 0 Å². The average Bonchev–Trinajstić information content (AvgIpc) is 2.95. The Balaban J connectivity index is 1.52. The summed E-state index contributed by atoms with van der Waals surface area (Å²) in [7, 11) is 0. The summed E-state index contributed by atoms with van der Waals surface area (Å²) in [4.78, 5) is 38.2. The molecule has 0 fully saturated rings. The second-order valence-corrected chi connectivity index (χ2v) is 10.7. The molecule has 0 aliphatic carbocycles. The Morgan fingerprint density at radius 3 is 1.11 bits per heavy atom. The quantitative estimate of drug-likeness (QED) is 0.220. The standard InChI is InChI=1S/C30H24O3S3/c31-28(22-11-4-1-5-12-22)34-19-25-17-10-18-26(20-35-29(32)23-13-6-2-7-14-23)27(25)21-36-30(33)24-15-8-3-9-16-24/h1-18H,19-21H2. The van der Waals surface area contributed by atoms with Gasteiger partial charge in [0.1, 0.15) is 0 Å². The molecule has 6 heteroatoms. The van der Waals surface area contributed by atoms with Crippen LogP contribution in [0.15, 0.2) is 109 Å². The van der Waals surface area contributed by atoms with Gasteiger partial charge in [0.15, 0.2) is 0 Å². The fourth-order valence-corrected chi connectivity index (χ4v) is 6.21. The number of hydrogen-bond donors (Lipinski definition) is 0. The highest BCUT2D eigenvalue weighted by atomic mass is 32.2. The van der Waals surface area contributed by atoms with Crippen molar-refractivity contribution in [2.75, 3.05) is 0 Å². The van der Waals surface area contributed by atoms with Crippen LogP contribution in [-0.4, -0.2) is 15.3 Å². The maximum Gasteiger partial charge on any atom is 0.219 e. The number of thioether (sulfide) groups is 3. The molecule has 0 radical (unpaired) electrons. The van der Waals surface area contributed by atoms with E-state index in [-0.39, 0.29) is 15.3 Å². The predicted molar refractivity (Wildman–Crippen MR) is 153 cm³/mol. The van der Waals surface area contributed by atoms with Crippen molar-refractivity contribution in [2.24, 2.45) is 0 Å². The van der Waals surface area contributed by atoms with Gasteiger partial charge in [-0.3, -0.25) is 14.4 Å². The zero-order chi connectivity index (χ0) is 25.2. The molecule has 0 aromatic heterocycles. The fraction of sp³-hybridized carbons (Fsp3) is 0.100. The van der Waals surface area contributed by atoms with Gasteiger partial charge in [0.2, 0.25) is 15.3 Å². The molecule has 0 bridgehead atoms. The van der Waals surface area contributed by atoms with Crippen LogP contribution in [0.4, 0.5) is 0 Å². The van der Waals surface area contributed by atoms with Crippen LogP contribution < -0.4 is 0 Å². The van der Waals surface area contributed by atoms with Crippen molar-refractivity contribution in [2.45, 2.75) is 17.3 Å². The lowest BCUT2D eigenvalue weighted by Gasteiger charge is -2.14. The molecule has 0 saturated heterocycles. The Bertz CT molecular complexity index is 1250. The molecule has 0 aliphatic rings. The molecular weight excluding hydrogens is 505 g/mol. The molecule has 0 unspecified atom stereocenters. The summed E-state index contributed by atoms with van der Waals surface area (Å²) < 4.78 is 0. The average molecular weight is 529 g/mol. The van der Waals surface area contributed by atoms with Gasteiger partial charge in [-0.1, -0.05) is 144 Å². The summed E-state index contributed by atoms with van der Waals surface area (Å²) in [5, 5.41) is 0.0135. The highest BCUT2D eigenvalue weighted by molar-refractivity contribution is 8.14. The van der Waals surface area contributed by atoms with Crippen LogP contribution in [0.1, 0.15) is 47.8 Å². The summed E-state index contributed by atoms with van der Waals surface area (Å²) in [6.45, 7) is 0. The van der Waals surface area contributed by atoms with Gasteiger partial charge in [0, 0.05) is 33.9 Å². The van der Waals surface area contributed by atoms with Crippen molar-refractivity contribution < 1.29 is 14.4 Å². The van der Waals surface area contributed by atoms with E-state index < -0.39 is 0 Å². The number of hydrogen-bond acceptors (Lipinski definition) is 6. The van der Waals surface area contributed by atoms with Crippen LogP contribution in [0, 0.1) is 0 Å². The minimum atomic E-state index is -0.00242. The monoisotopic (exact) mass is 528 g/mol. The van der Waals surface area contributed by atoms with Gasteiger partial charge in [0.25, 0.3) is 0 Å². The Hall–Kier alpha value is -3.06. The minimum absolute atomic E-state index is 0.00242. The SMILES string of the molecule is O=C(SCc1cccc(CSC(=O)c2ccccc2)c1CSC(=O)c1ccccc1)c1ccccc1. The number of rotatable bonds is 9. The zero-order valence-corrected chi connectivity index (χ0v) is 21.9. The van der Waals surface area contributed by atoms with Crippen molar-refractivity contribution >= 4 is 50.6 Å². The van der Waals surface area contributed by atoms with Crippen molar-refractivity contribution in [3.63, 3.8) is 0 Å². The van der Waals surface area contributed by atoms with Gasteiger partial charge in [0.05, 0.1) is 0 Å². The Labute approximate surface area is 224 Å². The van der Waals surface area contributed by atoms with Crippen LogP contribution in [-0.2, 0) is 17.3 Å². The number of benzene rings is 4. The fourth-order valence-electron chi connectivity index (χ4n) is 3.54. The van der Waals surface area contributed by atoms with Crippen LogP contribution in [0.3, 0.4) is 0 Å². The third kappa shape index (κ3) is 7.23. The molecule has 0 amide bonds. The van der Waals surface area contributed by atoms with E-state index in [1.54, 1.807) is 0 Å². The van der Waals surface area contributed by atoms with Crippen LogP contribution >= 0.6 is 35.3 Å². The highest BCUT2D eigenvalue weighted by Crippen LogP contribution is 2.30. The number of carbonyl (C=O) groups excluding carboxylic acids is 3. The predicted octanol–water partition coefficient (Wildman–Crippen LogP) is 7.91. The molecule has 36 heavy (non-hydrogen) atoms. The van der Waals surface area contributed by atoms with E-state index in [2.05, 4.69) is 0 Å². The van der Waals surface area contributed by atoms with Gasteiger partial charge < -0.3 is 0 Å². The lowest BCUT2D eigenvalue weighted by atomic mass is 10.0. The first-order chi connectivity index (χ1) is 17.6. The molecule has 3 nitrogen and oxygen atoms in total. The molecule has 4 rings (SSSR count). The molecule has 4 aromatic rings. The second-order valence-electron chi connectivity index (χ2n) is 7.88. The van der Waals surface area contributed by atoms with Crippen molar-refractivity contribution in [1.29, 1.82) is 0 Å². The third-order valence-electron chi connectivity index (χ3n) is 5.46. The summed E-state index contributed by atoms with van der Waals surface area (Å²) in [5.41, 5.74) is 5.00. The first kappa shape index (κ1) is 26.0. The normalized spacial score (nSPS) is 10.7. The largest absolute Gasteiger partial charge is 0.282 e. The second kappa shape index (κ2) is 13.3. The van der Waals surface area contributed by atoms with E-state index in [1.165, 1.54) is 35.3 Å². The van der Waals surface area contributed by atoms with Gasteiger partial charge in [-0.15, -0.1) is 0 Å². The van der Waals surface area contributed by atoms with Crippen LogP contribution in [0.5, 0.6) is 0 Å². The first-order valence-electron chi connectivity index (χ1n) is 11.4. The number of carbonyl (C=O) groups is 3. The Morgan fingerprint density at radius 1 is 0.417 bits per heavy atom. The topological polar surface area (TPSA) is 51.2 Å². The molecule has 0 heterocycles. The summed E-state index contributed by atoms with van der Waals surface area (Å²) in [6, 6.07) is 33.6. The Kier molecular flexibility index (Phi) is 9.61. The van der Waals surface area contributed by atoms with Gasteiger partial charge >= 0.3 is 0 Å². The van der Waals surface area contributed by atoms with E-state index in [9.17, 15) is 14.4 Å². The molecule has 0 spiro atoms. The summed E-state index contributed by atoms with van der Waals surface area (Å²) in [6.07, 6.45) is 0. The Morgan fingerprint density at radius 2 is 0.750 bits per heavy atom. The smallest absolute Gasteiger partial charge is 0.219 e. The summed E-state index contributed by atoms with van der Waals surface area (Å²) in [5.74, 6) is 1.46. The van der Waals surface area contributed by atoms with E-state index in [1.807, 2.05) is 109 Å². The maximum atomic E-state index is 12.8. The summed E-state index contributed by atoms with van der Waals surface area (Å²) >= 11 is 3.75. The molecular formula is C30H24O3S3. The maximum absolute atomic E-state index is 12.8. The van der Waals surface area contributed by atoms with Crippen molar-refractivity contribution in [3.05, 3.63) is 143 Å². The van der Waals surface area contributed by atoms with Crippen LogP contribution in [0.25, 0.3) is 0 Å². The van der Waals surface area contributed by atoms with E-state index in [4.69, 9.17) is 0 Å². The highest BCUT2D eigenvalue weighted by Gasteiger charge is 2.16. The lowest BCUT2D eigenvalue weighted by Crippen LogP contribution is -2.03. The van der Waals surface area contributed by atoms with Gasteiger partial charge in [-0.05, 0) is 16.7 Å². The van der Waals surface area contributed by atoms with Crippen molar-refractivity contribution in [1.82, 2.24) is 0 Å². The molecule has 0 N–H and O–H groups in total. The lowest BCUT2D eigenvalue weighted by molar-refractivity contribution is 0.108. The van der Waals surface area contributed by atoms with Crippen molar-refractivity contribution in [3.8, 4) is 0 Å². The van der Waals surface area contributed by atoms with Gasteiger partial charge in [-0.2, -0.15) is 0 Å². The van der Waals surface area contributed by atoms with E-state index in [0.717, 1.165) is 16.7 Å². The minimum Gasteiger partial charge on any atom is -0.282 e. The molecule has 0 saturated carbocycles. The first-order valence-corrected chi connectivity index (χ1v) is 14.3. The zero-order valence-electron chi connectivity index (χ0n) is 19.5. The van der Waals surface area contributed by atoms with Gasteiger partial charge in [-0.25, -0.2) is 0 Å². The van der Waals surface area contributed by atoms with E-state index in [0.29, 0.717) is 33.9 Å². The third-order valence-corrected chi connectivity index (χ3v) is 8.30.